The molecule has 0 saturated heterocycles. The van der Waals surface area contributed by atoms with E-state index in [9.17, 15) is 4.79 Å². The smallest absolute Gasteiger partial charge is 0.178 e. The summed E-state index contributed by atoms with van der Waals surface area (Å²) < 4.78 is 1.88. The van der Waals surface area contributed by atoms with Crippen LogP contribution in [-0.4, -0.2) is 46.1 Å². The van der Waals surface area contributed by atoms with Crippen molar-refractivity contribution < 1.29 is 9.90 Å². The second kappa shape index (κ2) is 5.47. The van der Waals surface area contributed by atoms with Gasteiger partial charge in [0, 0.05) is 37.6 Å². The first-order valence-electron chi connectivity index (χ1n) is 6.21. The lowest BCUT2D eigenvalue weighted by atomic mass is 9.91. The number of aryl methyl sites for hydroxylation is 1. The summed E-state index contributed by atoms with van der Waals surface area (Å²) in [6.45, 7) is 1.15. The van der Waals surface area contributed by atoms with Crippen molar-refractivity contribution >= 4 is 5.78 Å². The molecule has 0 unspecified atom stereocenters. The number of aliphatic hydroxyl groups is 1. The lowest BCUT2D eigenvalue weighted by Crippen LogP contribution is -2.44. The number of carbonyl (C=O) groups excluding carboxylic acids is 1. The van der Waals surface area contributed by atoms with E-state index in [0.29, 0.717) is 19.1 Å². The number of Topliss-reactive ketones (excluding diaryl/α,β-unsaturated/α-hetero) is 1. The minimum atomic E-state index is 0.124. The molecule has 17 heavy (non-hydrogen) atoms. The van der Waals surface area contributed by atoms with Crippen LogP contribution in [0.2, 0.25) is 0 Å². The zero-order valence-electron chi connectivity index (χ0n) is 10.3. The largest absolute Gasteiger partial charge is 0.395 e. The van der Waals surface area contributed by atoms with Crippen molar-refractivity contribution in [2.75, 3.05) is 19.7 Å². The molecule has 1 heterocycles. The van der Waals surface area contributed by atoms with Crippen molar-refractivity contribution in [3.05, 3.63) is 24.0 Å². The zero-order valence-corrected chi connectivity index (χ0v) is 10.3. The molecule has 1 aromatic rings. The van der Waals surface area contributed by atoms with E-state index in [2.05, 4.69) is 4.90 Å². The Kier molecular flexibility index (Phi) is 3.97. The average molecular weight is 236 g/mol. The maximum Gasteiger partial charge on any atom is 0.178 e. The molecule has 94 valence electrons. The monoisotopic (exact) mass is 236 g/mol. The standard InChI is InChI=1S/C13H20N2O2/c1-14-6-5-11(9-14)13(17)10-15(7-8-16)12-3-2-4-12/h5-6,9,12,16H,2-4,7-8,10H2,1H3. The number of aliphatic hydroxyl groups excluding tert-OH is 1. The molecule has 0 aromatic carbocycles. The van der Waals surface area contributed by atoms with Gasteiger partial charge < -0.3 is 9.67 Å². The van der Waals surface area contributed by atoms with Crippen molar-refractivity contribution in [1.29, 1.82) is 0 Å². The summed E-state index contributed by atoms with van der Waals surface area (Å²) in [5, 5.41) is 9.04. The molecule has 0 atom stereocenters. The van der Waals surface area contributed by atoms with Gasteiger partial charge >= 0.3 is 0 Å². The Hall–Kier alpha value is -1.13. The molecule has 0 radical (unpaired) electrons. The highest BCUT2D eigenvalue weighted by Crippen LogP contribution is 2.24. The fourth-order valence-electron chi connectivity index (χ4n) is 2.22. The second-order valence-corrected chi connectivity index (χ2v) is 4.77. The molecule has 2 rings (SSSR count). The van der Waals surface area contributed by atoms with E-state index in [0.717, 1.165) is 18.4 Å². The van der Waals surface area contributed by atoms with E-state index in [1.54, 1.807) is 0 Å². The number of ketones is 1. The molecule has 0 spiro atoms. The molecule has 4 nitrogen and oxygen atoms in total. The topological polar surface area (TPSA) is 45.5 Å². The van der Waals surface area contributed by atoms with Crippen molar-refractivity contribution in [3.8, 4) is 0 Å². The summed E-state index contributed by atoms with van der Waals surface area (Å²) in [6, 6.07) is 2.34. The Labute approximate surface area is 102 Å². The van der Waals surface area contributed by atoms with Crippen LogP contribution in [0.4, 0.5) is 0 Å². The van der Waals surface area contributed by atoms with Crippen LogP contribution in [0.15, 0.2) is 18.5 Å². The van der Waals surface area contributed by atoms with Crippen LogP contribution >= 0.6 is 0 Å². The predicted molar refractivity (Wildman–Crippen MR) is 66.0 cm³/mol. The Morgan fingerprint density at radius 1 is 1.59 bits per heavy atom. The molecule has 4 heteroatoms. The Morgan fingerprint density at radius 2 is 2.35 bits per heavy atom. The molecule has 1 N–H and O–H groups in total. The maximum absolute atomic E-state index is 12.1. The number of hydrogen-bond donors (Lipinski definition) is 1. The number of hydrogen-bond acceptors (Lipinski definition) is 3. The van der Waals surface area contributed by atoms with E-state index < -0.39 is 0 Å². The van der Waals surface area contributed by atoms with Crippen LogP contribution in [0.25, 0.3) is 0 Å². The van der Waals surface area contributed by atoms with Crippen LogP contribution in [0.5, 0.6) is 0 Å². The van der Waals surface area contributed by atoms with Crippen LogP contribution < -0.4 is 0 Å². The van der Waals surface area contributed by atoms with Crippen LogP contribution in [-0.2, 0) is 7.05 Å². The Bertz CT molecular complexity index is 383. The molecular weight excluding hydrogens is 216 g/mol. The molecule has 0 amide bonds. The predicted octanol–water partition coefficient (Wildman–Crippen LogP) is 1.05. The molecule has 1 aromatic heterocycles. The average Bonchev–Trinajstić information content (AvgIpc) is 2.62. The van der Waals surface area contributed by atoms with E-state index in [4.69, 9.17) is 5.11 Å². The zero-order chi connectivity index (χ0) is 12.3. The fourth-order valence-corrected chi connectivity index (χ4v) is 2.22. The number of aromatic nitrogens is 1. The van der Waals surface area contributed by atoms with E-state index in [1.807, 2.05) is 30.1 Å². The first-order chi connectivity index (χ1) is 8.20. The second-order valence-electron chi connectivity index (χ2n) is 4.77. The highest BCUT2D eigenvalue weighted by Gasteiger charge is 2.26. The third-order valence-electron chi connectivity index (χ3n) is 3.48. The highest BCUT2D eigenvalue weighted by atomic mass is 16.3. The number of rotatable bonds is 6. The van der Waals surface area contributed by atoms with Crippen molar-refractivity contribution in [2.45, 2.75) is 25.3 Å². The van der Waals surface area contributed by atoms with E-state index in [1.165, 1.54) is 6.42 Å². The molecule has 0 bridgehead atoms. The summed E-state index contributed by atoms with van der Waals surface area (Å²) in [4.78, 5) is 14.2. The Morgan fingerprint density at radius 3 is 2.82 bits per heavy atom. The summed E-state index contributed by atoms with van der Waals surface area (Å²) in [6.07, 6.45) is 7.28. The van der Waals surface area contributed by atoms with Gasteiger partial charge in [-0.1, -0.05) is 6.42 Å². The first kappa shape index (κ1) is 12.3. The van der Waals surface area contributed by atoms with Crippen LogP contribution in [0, 0.1) is 0 Å². The van der Waals surface area contributed by atoms with Gasteiger partial charge in [-0.2, -0.15) is 0 Å². The third kappa shape index (κ3) is 2.96. The minimum absolute atomic E-state index is 0.124. The SMILES string of the molecule is Cn1ccc(C(=O)CN(CCO)C2CCC2)c1. The lowest BCUT2D eigenvalue weighted by Gasteiger charge is -2.36. The van der Waals surface area contributed by atoms with Crippen LogP contribution in [0.3, 0.4) is 0 Å². The van der Waals surface area contributed by atoms with Gasteiger partial charge in [0.25, 0.3) is 0 Å². The van der Waals surface area contributed by atoms with Gasteiger partial charge in [0.2, 0.25) is 0 Å². The quantitative estimate of drug-likeness (QED) is 0.751. The van der Waals surface area contributed by atoms with E-state index >= 15 is 0 Å². The van der Waals surface area contributed by atoms with Gasteiger partial charge in [0.05, 0.1) is 13.2 Å². The minimum Gasteiger partial charge on any atom is -0.395 e. The Balaban J connectivity index is 1.94. The van der Waals surface area contributed by atoms with Gasteiger partial charge in [0.15, 0.2) is 5.78 Å². The summed E-state index contributed by atoms with van der Waals surface area (Å²) in [7, 11) is 1.91. The van der Waals surface area contributed by atoms with Gasteiger partial charge in [-0.15, -0.1) is 0 Å². The van der Waals surface area contributed by atoms with Gasteiger partial charge in [-0.3, -0.25) is 9.69 Å². The van der Waals surface area contributed by atoms with Gasteiger partial charge in [-0.25, -0.2) is 0 Å². The normalized spacial score (nSPS) is 16.2. The summed E-state index contributed by atoms with van der Waals surface area (Å²) >= 11 is 0. The number of carbonyl (C=O) groups is 1. The van der Waals surface area contributed by atoms with Crippen molar-refractivity contribution in [3.63, 3.8) is 0 Å². The van der Waals surface area contributed by atoms with Gasteiger partial charge in [0.1, 0.15) is 0 Å². The van der Waals surface area contributed by atoms with Gasteiger partial charge in [-0.05, 0) is 18.9 Å². The third-order valence-corrected chi connectivity index (χ3v) is 3.48. The first-order valence-corrected chi connectivity index (χ1v) is 6.21. The maximum atomic E-state index is 12.1. The summed E-state index contributed by atoms with van der Waals surface area (Å²) in [5.41, 5.74) is 0.759. The van der Waals surface area contributed by atoms with Crippen molar-refractivity contribution in [1.82, 2.24) is 9.47 Å². The molecular formula is C13H20N2O2. The summed E-state index contributed by atoms with van der Waals surface area (Å²) in [5.74, 6) is 0.144. The molecule has 1 fully saturated rings. The lowest BCUT2D eigenvalue weighted by molar-refractivity contribution is 0.0747. The highest BCUT2D eigenvalue weighted by molar-refractivity contribution is 5.97. The molecule has 1 aliphatic rings. The number of nitrogens with zero attached hydrogens (tertiary/aromatic N) is 2. The van der Waals surface area contributed by atoms with Crippen molar-refractivity contribution in [2.24, 2.45) is 7.05 Å². The molecule has 1 aliphatic carbocycles. The molecule has 0 aliphatic heterocycles. The fraction of sp³-hybridized carbons (Fsp3) is 0.615. The van der Waals surface area contributed by atoms with E-state index in [-0.39, 0.29) is 12.4 Å². The van der Waals surface area contributed by atoms with Crippen LogP contribution in [0.1, 0.15) is 29.6 Å². The molecule has 1 saturated carbocycles.